The number of aliphatic hydroxyl groups is 3. The molecule has 0 bridgehead atoms. The van der Waals surface area contributed by atoms with Crippen molar-refractivity contribution in [2.45, 2.75) is 167 Å². The Balaban J connectivity index is 4.58. The topological polar surface area (TPSA) is 169 Å². The lowest BCUT2D eigenvalue weighted by Gasteiger charge is -2.20. The van der Waals surface area contributed by atoms with Crippen molar-refractivity contribution in [2.24, 2.45) is 5.92 Å². The van der Waals surface area contributed by atoms with Crippen LogP contribution in [0.15, 0.2) is 36.5 Å². The summed E-state index contributed by atoms with van der Waals surface area (Å²) < 4.78 is 32.4. The van der Waals surface area contributed by atoms with Gasteiger partial charge in [-0.1, -0.05) is 134 Å². The smallest absolute Gasteiger partial charge is 0.462 e. The Bertz CT molecular complexity index is 984. The average molecular weight is 747 g/mol. The molecule has 0 heterocycles. The molecular formula is C39H71O11P. The number of carbonyl (C=O) groups excluding carboxylic acids is 2. The van der Waals surface area contributed by atoms with Gasteiger partial charge in [0.15, 0.2) is 6.10 Å². The van der Waals surface area contributed by atoms with Gasteiger partial charge in [-0.3, -0.25) is 18.6 Å². The summed E-state index contributed by atoms with van der Waals surface area (Å²) in [6, 6.07) is 0. The number of rotatable bonds is 35. The third kappa shape index (κ3) is 33.7. The predicted molar refractivity (Wildman–Crippen MR) is 202 cm³/mol. The quantitative estimate of drug-likeness (QED) is 0.0161. The average Bonchev–Trinajstić information content (AvgIpc) is 3.11. The number of ether oxygens (including phenoxy) is 2. The molecule has 0 amide bonds. The molecular weight excluding hydrogens is 675 g/mol. The maximum atomic E-state index is 12.6. The van der Waals surface area contributed by atoms with E-state index in [0.29, 0.717) is 19.3 Å². The van der Waals surface area contributed by atoms with E-state index >= 15 is 0 Å². The summed E-state index contributed by atoms with van der Waals surface area (Å²) in [5.41, 5.74) is 0. The second kappa shape index (κ2) is 34.0. The molecule has 0 aliphatic carbocycles. The molecule has 11 nitrogen and oxygen atoms in total. The number of carbonyl (C=O) groups is 2. The number of hydrogen-bond acceptors (Lipinski definition) is 10. The molecule has 0 aliphatic rings. The molecule has 298 valence electrons. The van der Waals surface area contributed by atoms with Crippen molar-refractivity contribution >= 4 is 19.8 Å². The standard InChI is InChI=1S/C39H71O11P/c1-4-6-7-8-9-10-11-12-13-14-15-19-22-26-35(41)27-24-29-39(44)50-37(33-49-51(45,46)48-31-36(42)30-40)32-47-38(43)28-23-20-17-16-18-21-25-34(3)5-2/h12-13,15,19,22,26,34-37,40-42H,4-11,14,16-18,20-21,23-25,27-33H2,1-3H3,(H,45,46)/b13-12+,19-15+,26-22+/t34?,35?,36-,37+/m0/s1. The van der Waals surface area contributed by atoms with E-state index in [1.54, 1.807) is 12.2 Å². The lowest BCUT2D eigenvalue weighted by atomic mass is 10.00. The SMILES string of the molecule is CCCCCCCC/C=C/C/C=C/C=C/C(O)CCCC(=O)O[C@H](COC(=O)CCCCCCCCC(C)CC)COP(=O)(O)OC[C@@H](O)CO. The maximum Gasteiger partial charge on any atom is 0.472 e. The summed E-state index contributed by atoms with van der Waals surface area (Å²) in [6.45, 7) is 4.39. The summed E-state index contributed by atoms with van der Waals surface area (Å²) in [4.78, 5) is 34.8. The monoisotopic (exact) mass is 746 g/mol. The van der Waals surface area contributed by atoms with Crippen LogP contribution in [0.2, 0.25) is 0 Å². The summed E-state index contributed by atoms with van der Waals surface area (Å²) >= 11 is 0. The second-order valence-electron chi connectivity index (χ2n) is 13.4. The minimum absolute atomic E-state index is 0.0398. The number of allylic oxidation sites excluding steroid dienone is 5. The first-order chi connectivity index (χ1) is 24.5. The zero-order chi connectivity index (χ0) is 38.0. The lowest BCUT2D eigenvalue weighted by Crippen LogP contribution is -2.30. The zero-order valence-electron chi connectivity index (χ0n) is 31.8. The Kier molecular flexibility index (Phi) is 32.7. The minimum Gasteiger partial charge on any atom is -0.462 e. The van der Waals surface area contributed by atoms with Gasteiger partial charge in [-0.05, 0) is 44.4 Å². The second-order valence-corrected chi connectivity index (χ2v) is 14.9. The zero-order valence-corrected chi connectivity index (χ0v) is 32.7. The van der Waals surface area contributed by atoms with Crippen molar-refractivity contribution < 1.29 is 52.9 Å². The van der Waals surface area contributed by atoms with E-state index in [2.05, 4.69) is 37.4 Å². The van der Waals surface area contributed by atoms with Crippen molar-refractivity contribution in [1.82, 2.24) is 0 Å². The Labute approximate surface area is 308 Å². The van der Waals surface area contributed by atoms with E-state index in [9.17, 15) is 29.3 Å². The normalized spacial score (nSPS) is 15.7. The Hall–Kier alpha value is -1.85. The number of phosphoric acid groups is 1. The maximum absolute atomic E-state index is 12.6. The molecule has 4 N–H and O–H groups in total. The third-order valence-corrected chi connectivity index (χ3v) is 9.39. The molecule has 0 saturated carbocycles. The highest BCUT2D eigenvalue weighted by Crippen LogP contribution is 2.43. The van der Waals surface area contributed by atoms with Gasteiger partial charge in [-0.25, -0.2) is 4.57 Å². The van der Waals surface area contributed by atoms with Crippen LogP contribution in [-0.2, 0) is 32.7 Å². The Morgan fingerprint density at radius 1 is 0.725 bits per heavy atom. The molecule has 5 atom stereocenters. The number of aliphatic hydroxyl groups excluding tert-OH is 3. The number of phosphoric ester groups is 1. The number of esters is 2. The molecule has 0 spiro atoms. The first-order valence-electron chi connectivity index (χ1n) is 19.4. The fraction of sp³-hybridized carbons (Fsp3) is 0.795. The van der Waals surface area contributed by atoms with E-state index in [4.69, 9.17) is 19.1 Å². The molecule has 0 radical (unpaired) electrons. The van der Waals surface area contributed by atoms with Crippen molar-refractivity contribution in [1.29, 1.82) is 0 Å². The molecule has 0 aromatic heterocycles. The van der Waals surface area contributed by atoms with Gasteiger partial charge in [0.1, 0.15) is 12.7 Å². The predicted octanol–water partition coefficient (Wildman–Crippen LogP) is 8.44. The Morgan fingerprint density at radius 2 is 1.37 bits per heavy atom. The molecule has 0 fully saturated rings. The van der Waals surface area contributed by atoms with E-state index in [-0.39, 0.29) is 19.4 Å². The van der Waals surface area contributed by atoms with E-state index < -0.39 is 57.9 Å². The van der Waals surface area contributed by atoms with Gasteiger partial charge in [0.25, 0.3) is 0 Å². The van der Waals surface area contributed by atoms with Gasteiger partial charge >= 0.3 is 19.8 Å². The summed E-state index contributed by atoms with van der Waals surface area (Å²) in [6.07, 6.45) is 27.4. The molecule has 0 aromatic rings. The van der Waals surface area contributed by atoms with Crippen LogP contribution in [0.25, 0.3) is 0 Å². The summed E-state index contributed by atoms with van der Waals surface area (Å²) in [7, 11) is -4.66. The van der Waals surface area contributed by atoms with Crippen LogP contribution < -0.4 is 0 Å². The van der Waals surface area contributed by atoms with Gasteiger partial charge in [-0.15, -0.1) is 0 Å². The van der Waals surface area contributed by atoms with E-state index in [0.717, 1.165) is 38.0 Å². The third-order valence-electron chi connectivity index (χ3n) is 8.44. The van der Waals surface area contributed by atoms with Crippen molar-refractivity contribution in [2.75, 3.05) is 26.4 Å². The number of unbranched alkanes of at least 4 members (excludes halogenated alkanes) is 11. The van der Waals surface area contributed by atoms with Crippen LogP contribution in [0.4, 0.5) is 0 Å². The van der Waals surface area contributed by atoms with Crippen molar-refractivity contribution in [3.8, 4) is 0 Å². The highest BCUT2D eigenvalue weighted by molar-refractivity contribution is 7.47. The van der Waals surface area contributed by atoms with Gasteiger partial charge in [0.2, 0.25) is 0 Å². The molecule has 0 aromatic carbocycles. The molecule has 0 aliphatic heterocycles. The lowest BCUT2D eigenvalue weighted by molar-refractivity contribution is -0.161. The van der Waals surface area contributed by atoms with Crippen LogP contribution in [0.1, 0.15) is 149 Å². The fourth-order valence-electron chi connectivity index (χ4n) is 4.98. The fourth-order valence-corrected chi connectivity index (χ4v) is 5.77. The largest absolute Gasteiger partial charge is 0.472 e. The summed E-state index contributed by atoms with van der Waals surface area (Å²) in [5.74, 6) is -0.369. The van der Waals surface area contributed by atoms with Crippen molar-refractivity contribution in [3.05, 3.63) is 36.5 Å². The van der Waals surface area contributed by atoms with Crippen LogP contribution in [-0.4, -0.2) is 76.9 Å². The van der Waals surface area contributed by atoms with Gasteiger partial charge in [0, 0.05) is 12.8 Å². The first kappa shape index (κ1) is 49.1. The molecule has 3 unspecified atom stereocenters. The minimum atomic E-state index is -4.66. The Morgan fingerprint density at radius 3 is 2.08 bits per heavy atom. The molecule has 12 heteroatoms. The van der Waals surface area contributed by atoms with E-state index in [1.807, 2.05) is 12.2 Å². The van der Waals surface area contributed by atoms with Gasteiger partial charge in [0.05, 0.1) is 25.9 Å². The highest BCUT2D eigenvalue weighted by atomic mass is 31.2. The van der Waals surface area contributed by atoms with Crippen LogP contribution in [0.3, 0.4) is 0 Å². The number of hydrogen-bond donors (Lipinski definition) is 4. The molecule has 51 heavy (non-hydrogen) atoms. The molecule has 0 rings (SSSR count). The van der Waals surface area contributed by atoms with Crippen LogP contribution in [0, 0.1) is 5.92 Å². The first-order valence-corrected chi connectivity index (χ1v) is 20.9. The van der Waals surface area contributed by atoms with Gasteiger partial charge < -0.3 is 29.7 Å². The van der Waals surface area contributed by atoms with Gasteiger partial charge in [-0.2, -0.15) is 0 Å². The van der Waals surface area contributed by atoms with Crippen LogP contribution >= 0.6 is 7.82 Å². The highest BCUT2D eigenvalue weighted by Gasteiger charge is 2.27. The van der Waals surface area contributed by atoms with Crippen molar-refractivity contribution in [3.63, 3.8) is 0 Å². The molecule has 0 saturated heterocycles. The summed E-state index contributed by atoms with van der Waals surface area (Å²) in [5, 5.41) is 28.5. The van der Waals surface area contributed by atoms with E-state index in [1.165, 1.54) is 64.2 Å². The van der Waals surface area contributed by atoms with Crippen LogP contribution in [0.5, 0.6) is 0 Å².